The van der Waals surface area contributed by atoms with Crippen molar-refractivity contribution in [3.05, 3.63) is 82.8 Å². The van der Waals surface area contributed by atoms with Crippen LogP contribution in [0.5, 0.6) is 0 Å². The van der Waals surface area contributed by atoms with Gasteiger partial charge in [0.2, 0.25) is 5.91 Å². The lowest BCUT2D eigenvalue weighted by atomic mass is 10.2. The molecule has 0 unspecified atom stereocenters. The fraction of sp³-hybridized carbons (Fsp3) is 0.231. The molecule has 0 aliphatic heterocycles. The monoisotopic (exact) mass is 488 g/mol. The topological polar surface area (TPSA) is 88.5 Å². The number of amides is 1. The third-order valence-corrected chi connectivity index (χ3v) is 6.82. The van der Waals surface area contributed by atoms with E-state index in [1.54, 1.807) is 12.1 Å². The van der Waals surface area contributed by atoms with E-state index in [2.05, 4.69) is 21.6 Å². The van der Waals surface area contributed by atoms with Gasteiger partial charge in [-0.3, -0.25) is 4.79 Å². The Labute approximate surface area is 207 Å². The molecule has 0 saturated carbocycles. The third kappa shape index (κ3) is 5.12. The summed E-state index contributed by atoms with van der Waals surface area (Å²) < 4.78 is 17.2. The summed E-state index contributed by atoms with van der Waals surface area (Å²) in [6.07, 6.45) is 0. The lowest BCUT2D eigenvalue weighted by molar-refractivity contribution is -0.113. The van der Waals surface area contributed by atoms with Crippen molar-refractivity contribution in [3.63, 3.8) is 0 Å². The van der Waals surface area contributed by atoms with Gasteiger partial charge in [0.1, 0.15) is 17.7 Å². The van der Waals surface area contributed by atoms with Crippen LogP contribution in [0.4, 0.5) is 10.2 Å². The maximum absolute atomic E-state index is 13.3. The standard InChI is InChI=1S/C26H25FN6OS/c1-4-32-24(20-8-6-5-7-9-20)30-31-26(32)35-16-23(34)29-25-22(14-28)17(2)18(3)33(25)15-19-10-12-21(27)13-11-19/h5-13H,4,15-16H2,1-3H3,(H,29,34). The number of carbonyl (C=O) groups is 1. The molecule has 0 saturated heterocycles. The first-order valence-electron chi connectivity index (χ1n) is 11.2. The number of nitrogens with one attached hydrogen (secondary N) is 1. The SMILES string of the molecule is CCn1c(SCC(=O)Nc2c(C#N)c(C)c(C)n2Cc2ccc(F)cc2)nnc1-c1ccccc1. The molecule has 178 valence electrons. The molecule has 4 aromatic rings. The molecule has 2 heterocycles. The van der Waals surface area contributed by atoms with Gasteiger partial charge in [-0.05, 0) is 44.0 Å². The molecule has 9 heteroatoms. The second-order valence-electron chi connectivity index (χ2n) is 8.01. The maximum Gasteiger partial charge on any atom is 0.235 e. The lowest BCUT2D eigenvalue weighted by Gasteiger charge is -2.13. The van der Waals surface area contributed by atoms with Gasteiger partial charge in [0.15, 0.2) is 11.0 Å². The molecule has 0 bridgehead atoms. The second kappa shape index (κ2) is 10.6. The minimum absolute atomic E-state index is 0.109. The largest absolute Gasteiger partial charge is 0.326 e. The number of thioether (sulfide) groups is 1. The predicted octanol–water partition coefficient (Wildman–Crippen LogP) is 5.17. The molecule has 7 nitrogen and oxygen atoms in total. The van der Waals surface area contributed by atoms with E-state index in [1.165, 1.54) is 23.9 Å². The molecule has 1 amide bonds. The van der Waals surface area contributed by atoms with Crippen molar-refractivity contribution in [3.8, 4) is 17.5 Å². The molecular weight excluding hydrogens is 463 g/mol. The Bertz CT molecular complexity index is 1390. The molecule has 0 atom stereocenters. The molecule has 0 radical (unpaired) electrons. The second-order valence-corrected chi connectivity index (χ2v) is 8.95. The van der Waals surface area contributed by atoms with Crippen LogP contribution >= 0.6 is 11.8 Å². The van der Waals surface area contributed by atoms with Gasteiger partial charge in [0.05, 0.1) is 11.3 Å². The quantitative estimate of drug-likeness (QED) is 0.346. The molecule has 0 fully saturated rings. The van der Waals surface area contributed by atoms with E-state index >= 15 is 0 Å². The number of halogens is 1. The van der Waals surface area contributed by atoms with Crippen LogP contribution in [0.3, 0.4) is 0 Å². The van der Waals surface area contributed by atoms with Crippen LogP contribution in [-0.4, -0.2) is 31.0 Å². The van der Waals surface area contributed by atoms with Gasteiger partial charge in [-0.25, -0.2) is 4.39 Å². The fourth-order valence-electron chi connectivity index (χ4n) is 3.88. The Kier molecular flexibility index (Phi) is 7.32. The highest BCUT2D eigenvalue weighted by atomic mass is 32.2. The summed E-state index contributed by atoms with van der Waals surface area (Å²) in [6.45, 7) is 6.83. The minimum Gasteiger partial charge on any atom is -0.326 e. The zero-order chi connectivity index (χ0) is 24.9. The van der Waals surface area contributed by atoms with Crippen molar-refractivity contribution in [2.75, 3.05) is 11.1 Å². The summed E-state index contributed by atoms with van der Waals surface area (Å²) in [5.74, 6) is 0.739. The summed E-state index contributed by atoms with van der Waals surface area (Å²) in [5, 5.41) is 21.9. The van der Waals surface area contributed by atoms with Crippen molar-refractivity contribution >= 4 is 23.5 Å². The fourth-order valence-corrected chi connectivity index (χ4v) is 4.68. The Morgan fingerprint density at radius 2 is 1.80 bits per heavy atom. The normalized spacial score (nSPS) is 10.8. The van der Waals surface area contributed by atoms with Crippen LogP contribution in [0.2, 0.25) is 0 Å². The van der Waals surface area contributed by atoms with Crippen molar-refractivity contribution in [2.24, 2.45) is 0 Å². The number of anilines is 1. The number of hydrogen-bond acceptors (Lipinski definition) is 5. The number of aromatic nitrogens is 4. The van der Waals surface area contributed by atoms with E-state index in [9.17, 15) is 14.4 Å². The molecule has 4 rings (SSSR count). The van der Waals surface area contributed by atoms with Crippen LogP contribution in [0.1, 0.15) is 29.3 Å². The highest BCUT2D eigenvalue weighted by molar-refractivity contribution is 7.99. The molecule has 35 heavy (non-hydrogen) atoms. The summed E-state index contributed by atoms with van der Waals surface area (Å²) in [4.78, 5) is 12.9. The summed E-state index contributed by atoms with van der Waals surface area (Å²) in [5.41, 5.74) is 3.92. The van der Waals surface area contributed by atoms with Crippen LogP contribution in [0.25, 0.3) is 11.4 Å². The Morgan fingerprint density at radius 1 is 1.09 bits per heavy atom. The molecule has 2 aromatic heterocycles. The van der Waals surface area contributed by atoms with E-state index < -0.39 is 0 Å². The van der Waals surface area contributed by atoms with Gasteiger partial charge in [-0.1, -0.05) is 54.2 Å². The molecule has 0 spiro atoms. The number of rotatable bonds is 8. The number of nitrogens with zero attached hydrogens (tertiary/aromatic N) is 5. The van der Waals surface area contributed by atoms with Gasteiger partial charge in [-0.2, -0.15) is 5.26 Å². The number of hydrogen-bond donors (Lipinski definition) is 1. The molecule has 0 aliphatic rings. The average molecular weight is 489 g/mol. The smallest absolute Gasteiger partial charge is 0.235 e. The molecule has 2 aromatic carbocycles. The summed E-state index contributed by atoms with van der Waals surface area (Å²) in [6, 6.07) is 18.2. The van der Waals surface area contributed by atoms with Gasteiger partial charge in [0, 0.05) is 24.3 Å². The van der Waals surface area contributed by atoms with Crippen molar-refractivity contribution in [1.29, 1.82) is 5.26 Å². The summed E-state index contributed by atoms with van der Waals surface area (Å²) in [7, 11) is 0. The molecule has 1 N–H and O–H groups in total. The van der Waals surface area contributed by atoms with Crippen molar-refractivity contribution < 1.29 is 9.18 Å². The van der Waals surface area contributed by atoms with Crippen LogP contribution in [-0.2, 0) is 17.9 Å². The first-order chi connectivity index (χ1) is 16.9. The van der Waals surface area contributed by atoms with Crippen molar-refractivity contribution in [1.82, 2.24) is 19.3 Å². The highest BCUT2D eigenvalue weighted by Gasteiger charge is 2.21. The third-order valence-electron chi connectivity index (χ3n) is 5.85. The average Bonchev–Trinajstić information content (AvgIpc) is 3.38. The minimum atomic E-state index is -0.312. The number of nitriles is 1. The van der Waals surface area contributed by atoms with E-state index in [-0.39, 0.29) is 17.5 Å². The highest BCUT2D eigenvalue weighted by Crippen LogP contribution is 2.28. The number of benzene rings is 2. The zero-order valence-corrected chi connectivity index (χ0v) is 20.6. The van der Waals surface area contributed by atoms with Crippen LogP contribution < -0.4 is 5.32 Å². The molecule has 0 aliphatic carbocycles. The van der Waals surface area contributed by atoms with E-state index in [0.29, 0.717) is 29.6 Å². The first kappa shape index (κ1) is 24.2. The van der Waals surface area contributed by atoms with E-state index in [1.807, 2.05) is 60.2 Å². The molecular formula is C26H25FN6OS. The van der Waals surface area contributed by atoms with E-state index in [0.717, 1.165) is 28.2 Å². The maximum atomic E-state index is 13.3. The Morgan fingerprint density at radius 3 is 2.46 bits per heavy atom. The van der Waals surface area contributed by atoms with Crippen LogP contribution in [0, 0.1) is 31.0 Å². The first-order valence-corrected chi connectivity index (χ1v) is 12.2. The van der Waals surface area contributed by atoms with Gasteiger partial charge in [-0.15, -0.1) is 10.2 Å². The Hall–Kier alpha value is -3.90. The van der Waals surface area contributed by atoms with Gasteiger partial charge in [0.25, 0.3) is 0 Å². The van der Waals surface area contributed by atoms with Crippen LogP contribution in [0.15, 0.2) is 59.8 Å². The van der Waals surface area contributed by atoms with E-state index in [4.69, 9.17) is 0 Å². The number of carbonyl (C=O) groups excluding carboxylic acids is 1. The Balaban J connectivity index is 1.53. The predicted molar refractivity (Wildman–Crippen MR) is 135 cm³/mol. The van der Waals surface area contributed by atoms with Gasteiger partial charge < -0.3 is 14.5 Å². The van der Waals surface area contributed by atoms with Crippen molar-refractivity contribution in [2.45, 2.75) is 39.0 Å². The lowest BCUT2D eigenvalue weighted by Crippen LogP contribution is -2.19. The summed E-state index contributed by atoms with van der Waals surface area (Å²) >= 11 is 1.29. The van der Waals surface area contributed by atoms with Gasteiger partial charge >= 0.3 is 0 Å². The zero-order valence-electron chi connectivity index (χ0n) is 19.7.